The number of benzene rings is 2. The molecule has 0 bridgehead atoms. The first-order valence-electron chi connectivity index (χ1n) is 8.67. The van der Waals surface area contributed by atoms with E-state index in [0.29, 0.717) is 16.6 Å². The second-order valence-corrected chi connectivity index (χ2v) is 6.98. The number of aryl methyl sites for hydroxylation is 1. The molecule has 0 atom stereocenters. The predicted molar refractivity (Wildman–Crippen MR) is 108 cm³/mol. The van der Waals surface area contributed by atoms with Crippen LogP contribution in [0, 0.1) is 31.2 Å². The van der Waals surface area contributed by atoms with Gasteiger partial charge in [0.2, 0.25) is 0 Å². The molecule has 4 nitrogen and oxygen atoms in total. The highest BCUT2D eigenvalue weighted by molar-refractivity contribution is 5.97. The Bertz CT molecular complexity index is 1180. The Hall–Kier alpha value is -3.70. The van der Waals surface area contributed by atoms with Gasteiger partial charge in [0.05, 0.1) is 17.7 Å². The summed E-state index contributed by atoms with van der Waals surface area (Å²) in [5.74, 6) is 5.33. The van der Waals surface area contributed by atoms with E-state index >= 15 is 0 Å². The van der Waals surface area contributed by atoms with Crippen molar-refractivity contribution in [1.29, 1.82) is 0 Å². The van der Waals surface area contributed by atoms with E-state index in [4.69, 9.17) is 6.57 Å². The van der Waals surface area contributed by atoms with Crippen molar-refractivity contribution in [2.45, 2.75) is 26.3 Å². The Kier molecular flexibility index (Phi) is 5.11. The predicted octanol–water partition coefficient (Wildman–Crippen LogP) is 4.79. The molecule has 2 aromatic carbocycles. The molecule has 0 saturated carbocycles. The highest BCUT2D eigenvalue weighted by Crippen LogP contribution is 2.18. The van der Waals surface area contributed by atoms with Gasteiger partial charge in [-0.2, -0.15) is 0 Å². The lowest BCUT2D eigenvalue weighted by atomic mass is 10.0. The average Bonchev–Trinajstić information content (AvgIpc) is 2.67. The molecular weight excluding hydrogens is 353 g/mol. The fraction of sp³-hybridized carbons (Fsp3) is 0.174. The Morgan fingerprint density at radius 1 is 1.25 bits per heavy atom. The van der Waals surface area contributed by atoms with Gasteiger partial charge in [-0.3, -0.25) is 9.78 Å². The van der Waals surface area contributed by atoms with Gasteiger partial charge in [-0.25, -0.2) is 9.24 Å². The molecular formula is C23H18FN3O. The molecule has 28 heavy (non-hydrogen) atoms. The van der Waals surface area contributed by atoms with Crippen molar-refractivity contribution in [1.82, 2.24) is 10.3 Å². The molecule has 0 saturated heterocycles. The Balaban J connectivity index is 1.83. The van der Waals surface area contributed by atoms with E-state index in [2.05, 4.69) is 27.0 Å². The van der Waals surface area contributed by atoms with Crippen molar-refractivity contribution < 1.29 is 9.18 Å². The van der Waals surface area contributed by atoms with Gasteiger partial charge in [0.15, 0.2) is 5.69 Å². The highest BCUT2D eigenvalue weighted by Gasteiger charge is 2.19. The zero-order chi connectivity index (χ0) is 20.3. The van der Waals surface area contributed by atoms with Crippen LogP contribution in [0.2, 0.25) is 0 Å². The van der Waals surface area contributed by atoms with Gasteiger partial charge in [0.1, 0.15) is 11.3 Å². The van der Waals surface area contributed by atoms with Gasteiger partial charge < -0.3 is 5.32 Å². The molecule has 1 N–H and O–H groups in total. The number of rotatable bonds is 2. The Morgan fingerprint density at radius 2 is 2.04 bits per heavy atom. The first-order valence-corrected chi connectivity index (χ1v) is 8.67. The summed E-state index contributed by atoms with van der Waals surface area (Å²) in [7, 11) is 0. The molecule has 3 aromatic rings. The number of nitrogens with one attached hydrogen (secondary N) is 1. The minimum Gasteiger partial charge on any atom is -0.336 e. The van der Waals surface area contributed by atoms with Crippen LogP contribution in [-0.4, -0.2) is 16.4 Å². The second kappa shape index (κ2) is 7.50. The van der Waals surface area contributed by atoms with Crippen molar-refractivity contribution >= 4 is 22.5 Å². The van der Waals surface area contributed by atoms with Crippen LogP contribution < -0.4 is 5.32 Å². The molecule has 0 aliphatic carbocycles. The third kappa shape index (κ3) is 4.16. The topological polar surface area (TPSA) is 46.4 Å². The van der Waals surface area contributed by atoms with Crippen LogP contribution in [0.4, 0.5) is 10.1 Å². The summed E-state index contributed by atoms with van der Waals surface area (Å²) in [6, 6.07) is 11.6. The van der Waals surface area contributed by atoms with Gasteiger partial charge in [0.25, 0.3) is 5.91 Å². The molecule has 1 aromatic heterocycles. The number of pyridine rings is 1. The standard InChI is InChI=1S/C23H18FN3O/c1-15-8-9-19(25-4)13-16(15)10-11-23(2,3)27-22(28)18-12-17-6-5-7-20(24)21(17)26-14-18/h5-9,12-14H,1-3H3,(H,27,28). The first kappa shape index (κ1) is 19.1. The summed E-state index contributed by atoms with van der Waals surface area (Å²) in [5, 5.41) is 3.42. The number of hydrogen-bond acceptors (Lipinski definition) is 2. The third-order valence-electron chi connectivity index (χ3n) is 4.21. The van der Waals surface area contributed by atoms with E-state index in [1.807, 2.05) is 13.0 Å². The maximum atomic E-state index is 13.7. The maximum Gasteiger partial charge on any atom is 0.254 e. The van der Waals surface area contributed by atoms with Crippen molar-refractivity contribution in [2.24, 2.45) is 0 Å². The zero-order valence-corrected chi connectivity index (χ0v) is 15.8. The van der Waals surface area contributed by atoms with E-state index in [1.165, 1.54) is 12.3 Å². The smallest absolute Gasteiger partial charge is 0.254 e. The van der Waals surface area contributed by atoms with Gasteiger partial charge >= 0.3 is 0 Å². The van der Waals surface area contributed by atoms with Crippen LogP contribution in [0.3, 0.4) is 0 Å². The molecule has 1 amide bonds. The number of amides is 1. The van der Waals surface area contributed by atoms with Crippen LogP contribution in [0.15, 0.2) is 48.7 Å². The van der Waals surface area contributed by atoms with Gasteiger partial charge in [-0.15, -0.1) is 0 Å². The molecule has 0 unspecified atom stereocenters. The molecule has 0 spiro atoms. The monoisotopic (exact) mass is 371 g/mol. The molecule has 0 fully saturated rings. The fourth-order valence-electron chi connectivity index (χ4n) is 2.67. The number of hydrogen-bond donors (Lipinski definition) is 1. The molecule has 5 heteroatoms. The lowest BCUT2D eigenvalue weighted by Gasteiger charge is -2.20. The summed E-state index contributed by atoms with van der Waals surface area (Å²) in [6.07, 6.45) is 1.35. The minimum atomic E-state index is -0.811. The molecule has 0 radical (unpaired) electrons. The summed E-state index contributed by atoms with van der Waals surface area (Å²) < 4.78 is 13.7. The quantitative estimate of drug-likeness (QED) is 0.520. The molecule has 1 heterocycles. The van der Waals surface area contributed by atoms with Crippen molar-refractivity contribution in [3.63, 3.8) is 0 Å². The SMILES string of the molecule is [C-]#[N+]c1ccc(C)c(C#CC(C)(C)NC(=O)c2cnc3c(F)cccc3c2)c1. The van der Waals surface area contributed by atoms with E-state index in [-0.39, 0.29) is 11.4 Å². The van der Waals surface area contributed by atoms with E-state index < -0.39 is 11.4 Å². The zero-order valence-electron chi connectivity index (χ0n) is 15.8. The summed E-state index contributed by atoms with van der Waals surface area (Å²) in [4.78, 5) is 20.1. The van der Waals surface area contributed by atoms with E-state index in [1.54, 1.807) is 44.2 Å². The van der Waals surface area contributed by atoms with Gasteiger partial charge in [-0.05, 0) is 44.5 Å². The lowest BCUT2D eigenvalue weighted by molar-refractivity contribution is 0.0929. The Labute approximate surface area is 163 Å². The molecule has 0 aliphatic heterocycles. The van der Waals surface area contributed by atoms with Crippen molar-refractivity contribution in [3.8, 4) is 11.8 Å². The Morgan fingerprint density at radius 3 is 2.79 bits per heavy atom. The normalized spacial score (nSPS) is 10.7. The molecule has 3 rings (SSSR count). The van der Waals surface area contributed by atoms with Crippen LogP contribution >= 0.6 is 0 Å². The summed E-state index contributed by atoms with van der Waals surface area (Å²) >= 11 is 0. The van der Waals surface area contributed by atoms with Crippen LogP contribution in [0.5, 0.6) is 0 Å². The number of fused-ring (bicyclic) bond motifs is 1. The van der Waals surface area contributed by atoms with Crippen molar-refractivity contribution in [3.05, 3.63) is 82.6 Å². The number of aromatic nitrogens is 1. The van der Waals surface area contributed by atoms with Crippen LogP contribution in [0.1, 0.15) is 35.3 Å². The number of nitrogens with zero attached hydrogens (tertiary/aromatic N) is 2. The molecule has 0 aliphatic rings. The highest BCUT2D eigenvalue weighted by atomic mass is 19.1. The average molecular weight is 371 g/mol. The van der Waals surface area contributed by atoms with E-state index in [0.717, 1.165) is 11.1 Å². The first-order chi connectivity index (χ1) is 13.3. The molecule has 138 valence electrons. The minimum absolute atomic E-state index is 0.230. The third-order valence-corrected chi connectivity index (χ3v) is 4.21. The van der Waals surface area contributed by atoms with Gasteiger partial charge in [-0.1, -0.05) is 36.1 Å². The van der Waals surface area contributed by atoms with E-state index in [9.17, 15) is 9.18 Å². The largest absolute Gasteiger partial charge is 0.336 e. The number of halogens is 1. The van der Waals surface area contributed by atoms with Crippen LogP contribution in [-0.2, 0) is 0 Å². The second-order valence-electron chi connectivity index (χ2n) is 6.98. The fourth-order valence-corrected chi connectivity index (χ4v) is 2.67. The number of para-hydroxylation sites is 1. The van der Waals surface area contributed by atoms with Gasteiger partial charge in [0, 0.05) is 17.1 Å². The summed E-state index contributed by atoms with van der Waals surface area (Å²) in [6.45, 7) is 12.6. The number of carbonyl (C=O) groups is 1. The number of carbonyl (C=O) groups excluding carboxylic acids is 1. The lowest BCUT2D eigenvalue weighted by Crippen LogP contribution is -2.42. The summed E-state index contributed by atoms with van der Waals surface area (Å²) in [5.41, 5.74) is 1.98. The maximum absolute atomic E-state index is 13.7. The van der Waals surface area contributed by atoms with Crippen molar-refractivity contribution in [2.75, 3.05) is 0 Å². The van der Waals surface area contributed by atoms with Crippen LogP contribution in [0.25, 0.3) is 15.7 Å².